The lowest BCUT2D eigenvalue weighted by Gasteiger charge is -2.23. The fraction of sp³-hybridized carbons (Fsp3) is 0.182. The molecule has 0 spiro atoms. The lowest BCUT2D eigenvalue weighted by Crippen LogP contribution is -2.11. The van der Waals surface area contributed by atoms with Crippen molar-refractivity contribution in [2.75, 3.05) is 7.11 Å². The number of hydrogen-bond donors (Lipinski definition) is 0. The van der Waals surface area contributed by atoms with Crippen LogP contribution >= 0.6 is 0 Å². The van der Waals surface area contributed by atoms with Crippen LogP contribution in [0.1, 0.15) is 16.7 Å². The smallest absolute Gasteiger partial charge is 0.207 e. The topological polar surface area (TPSA) is 27.7 Å². The normalized spacial score (nSPS) is 12.0. The van der Waals surface area contributed by atoms with E-state index in [9.17, 15) is 8.78 Å². The highest BCUT2D eigenvalue weighted by Crippen LogP contribution is 2.43. The molecule has 27 heavy (non-hydrogen) atoms. The van der Waals surface area contributed by atoms with Gasteiger partial charge in [0.25, 0.3) is 0 Å². The molecule has 0 unspecified atom stereocenters. The summed E-state index contributed by atoms with van der Waals surface area (Å²) in [5, 5.41) is 0. The zero-order valence-electron chi connectivity index (χ0n) is 15.0. The molecule has 3 aromatic rings. The number of aryl methyl sites for hydroxylation is 1. The van der Waals surface area contributed by atoms with Gasteiger partial charge < -0.3 is 14.2 Å². The van der Waals surface area contributed by atoms with Gasteiger partial charge in [-0.1, -0.05) is 24.3 Å². The molecule has 138 valence electrons. The second-order valence-corrected chi connectivity index (χ2v) is 6.40. The highest BCUT2D eigenvalue weighted by Gasteiger charge is 2.26. The summed E-state index contributed by atoms with van der Waals surface area (Å²) in [6, 6.07) is 14.1. The first-order chi connectivity index (χ1) is 13.1. The van der Waals surface area contributed by atoms with E-state index in [4.69, 9.17) is 14.2 Å². The van der Waals surface area contributed by atoms with Crippen LogP contribution in [0, 0.1) is 18.6 Å². The molecule has 0 saturated heterocycles. The van der Waals surface area contributed by atoms with Crippen molar-refractivity contribution in [3.05, 3.63) is 76.9 Å². The number of benzene rings is 3. The van der Waals surface area contributed by atoms with E-state index in [2.05, 4.69) is 0 Å². The lowest BCUT2D eigenvalue weighted by atomic mass is 9.94. The Hall–Kier alpha value is -3.08. The van der Waals surface area contributed by atoms with Crippen LogP contribution in [0.3, 0.4) is 0 Å². The van der Waals surface area contributed by atoms with E-state index in [1.54, 1.807) is 38.3 Å². The Balaban J connectivity index is 1.61. The van der Waals surface area contributed by atoms with Crippen molar-refractivity contribution >= 4 is 0 Å². The molecule has 0 amide bonds. The second-order valence-electron chi connectivity index (χ2n) is 6.40. The third-order valence-electron chi connectivity index (χ3n) is 4.70. The Morgan fingerprint density at radius 3 is 2.41 bits per heavy atom. The maximum Gasteiger partial charge on any atom is 0.207 e. The van der Waals surface area contributed by atoms with Crippen LogP contribution in [0.15, 0.2) is 48.5 Å². The van der Waals surface area contributed by atoms with E-state index in [-0.39, 0.29) is 30.5 Å². The molecule has 1 aliphatic heterocycles. The number of fused-ring (bicyclic) bond motifs is 3. The Kier molecular flexibility index (Phi) is 4.44. The average Bonchev–Trinajstić information content (AvgIpc) is 2.70. The van der Waals surface area contributed by atoms with Gasteiger partial charge in [0.15, 0.2) is 11.5 Å². The number of ether oxygens (including phenoxy) is 3. The summed E-state index contributed by atoms with van der Waals surface area (Å²) in [7, 11) is 1.60. The molecule has 0 aromatic heterocycles. The minimum Gasteiger partial charge on any atom is -0.497 e. The number of hydrogen-bond acceptors (Lipinski definition) is 3. The third-order valence-corrected chi connectivity index (χ3v) is 4.70. The summed E-state index contributed by atoms with van der Waals surface area (Å²) in [6.45, 7) is 1.90. The van der Waals surface area contributed by atoms with Crippen LogP contribution in [0.2, 0.25) is 0 Å². The van der Waals surface area contributed by atoms with Gasteiger partial charge in [0.2, 0.25) is 5.82 Å². The molecule has 0 N–H and O–H groups in total. The minimum absolute atomic E-state index is 0.00526. The molecule has 5 heteroatoms. The van der Waals surface area contributed by atoms with Crippen molar-refractivity contribution in [3.8, 4) is 28.4 Å². The molecule has 0 fully saturated rings. The van der Waals surface area contributed by atoms with E-state index in [0.717, 1.165) is 11.3 Å². The van der Waals surface area contributed by atoms with Gasteiger partial charge in [-0.15, -0.1) is 0 Å². The highest BCUT2D eigenvalue weighted by atomic mass is 19.1. The summed E-state index contributed by atoms with van der Waals surface area (Å²) in [5.74, 6) is 0.0536. The fourth-order valence-electron chi connectivity index (χ4n) is 3.16. The van der Waals surface area contributed by atoms with Gasteiger partial charge in [-0.25, -0.2) is 4.39 Å². The molecule has 3 nitrogen and oxygen atoms in total. The molecule has 0 radical (unpaired) electrons. The highest BCUT2D eigenvalue weighted by molar-refractivity contribution is 5.76. The van der Waals surface area contributed by atoms with E-state index in [1.165, 1.54) is 0 Å². The Bertz CT molecular complexity index is 997. The van der Waals surface area contributed by atoms with Crippen LogP contribution in [-0.2, 0) is 13.2 Å². The van der Waals surface area contributed by atoms with Crippen molar-refractivity contribution in [2.24, 2.45) is 0 Å². The van der Waals surface area contributed by atoms with E-state index >= 15 is 0 Å². The number of halogens is 2. The van der Waals surface area contributed by atoms with Crippen molar-refractivity contribution in [2.45, 2.75) is 20.1 Å². The predicted octanol–water partition coefficient (Wildman–Crippen LogP) is 5.42. The van der Waals surface area contributed by atoms with Crippen molar-refractivity contribution < 1.29 is 23.0 Å². The van der Waals surface area contributed by atoms with Crippen molar-refractivity contribution in [1.29, 1.82) is 0 Å². The summed E-state index contributed by atoms with van der Waals surface area (Å²) in [4.78, 5) is 0. The fourth-order valence-corrected chi connectivity index (χ4v) is 3.16. The predicted molar refractivity (Wildman–Crippen MR) is 98.2 cm³/mol. The minimum atomic E-state index is -0.576. The van der Waals surface area contributed by atoms with Gasteiger partial charge in [0.1, 0.15) is 24.8 Å². The van der Waals surface area contributed by atoms with Gasteiger partial charge >= 0.3 is 0 Å². The first-order valence-electron chi connectivity index (χ1n) is 8.58. The third kappa shape index (κ3) is 3.10. The van der Waals surface area contributed by atoms with Crippen LogP contribution in [0.25, 0.3) is 11.1 Å². The molecule has 1 heterocycles. The molecule has 4 rings (SSSR count). The monoisotopic (exact) mass is 368 g/mol. The van der Waals surface area contributed by atoms with Gasteiger partial charge in [-0.3, -0.25) is 0 Å². The maximum absolute atomic E-state index is 14.9. The summed E-state index contributed by atoms with van der Waals surface area (Å²) >= 11 is 0. The molecule has 3 aromatic carbocycles. The van der Waals surface area contributed by atoms with Crippen LogP contribution in [0.4, 0.5) is 8.78 Å². The van der Waals surface area contributed by atoms with Gasteiger partial charge in [-0.05, 0) is 47.9 Å². The van der Waals surface area contributed by atoms with Crippen LogP contribution < -0.4 is 14.2 Å². The average molecular weight is 368 g/mol. The quantitative estimate of drug-likeness (QED) is 0.615. The molecule has 0 atom stereocenters. The molecule has 0 bridgehead atoms. The number of rotatable bonds is 4. The van der Waals surface area contributed by atoms with E-state index in [1.807, 2.05) is 24.3 Å². The molecular weight excluding hydrogens is 350 g/mol. The first-order valence-corrected chi connectivity index (χ1v) is 8.58. The molecule has 1 aliphatic rings. The Morgan fingerprint density at radius 1 is 0.926 bits per heavy atom. The SMILES string of the molecule is COc1ccc(COc2ccc3c(c2F)OCc2c-3ccc(C)c2F)cc1. The standard InChI is InChI=1S/C22H18F2O3/c1-13-3-8-16-17-9-10-19(21(24)22(17)27-12-18(16)20(13)23)26-11-14-4-6-15(25-2)7-5-14/h3-10H,11-12H2,1-2H3. The number of methoxy groups -OCH3 is 1. The maximum atomic E-state index is 14.9. The Labute approximate surface area is 156 Å². The molecular formula is C22H18F2O3. The first kappa shape index (κ1) is 17.3. The van der Waals surface area contributed by atoms with Gasteiger partial charge in [0, 0.05) is 11.1 Å². The zero-order chi connectivity index (χ0) is 19.0. The summed E-state index contributed by atoms with van der Waals surface area (Å²) in [5.41, 5.74) is 3.07. The second kappa shape index (κ2) is 6.91. The summed E-state index contributed by atoms with van der Waals surface area (Å²) < 4.78 is 45.5. The van der Waals surface area contributed by atoms with Crippen molar-refractivity contribution in [3.63, 3.8) is 0 Å². The van der Waals surface area contributed by atoms with Crippen LogP contribution in [-0.4, -0.2) is 7.11 Å². The van der Waals surface area contributed by atoms with E-state index < -0.39 is 5.82 Å². The Morgan fingerprint density at radius 2 is 1.67 bits per heavy atom. The summed E-state index contributed by atoms with van der Waals surface area (Å²) in [6.07, 6.45) is 0. The van der Waals surface area contributed by atoms with Gasteiger partial charge in [0.05, 0.1) is 7.11 Å². The largest absolute Gasteiger partial charge is 0.497 e. The van der Waals surface area contributed by atoms with Gasteiger partial charge in [-0.2, -0.15) is 4.39 Å². The van der Waals surface area contributed by atoms with Crippen LogP contribution in [0.5, 0.6) is 17.2 Å². The lowest BCUT2D eigenvalue weighted by molar-refractivity contribution is 0.258. The molecule has 0 aliphatic carbocycles. The van der Waals surface area contributed by atoms with Crippen molar-refractivity contribution in [1.82, 2.24) is 0 Å². The zero-order valence-corrected chi connectivity index (χ0v) is 15.0. The molecule has 0 saturated carbocycles. The van der Waals surface area contributed by atoms with E-state index in [0.29, 0.717) is 22.3 Å².